The van der Waals surface area contributed by atoms with Crippen LogP contribution in [-0.4, -0.2) is 12.5 Å². The molecule has 1 amide bonds. The first-order chi connectivity index (χ1) is 12.0. The molecule has 0 bridgehead atoms. The summed E-state index contributed by atoms with van der Waals surface area (Å²) >= 11 is 3.37. The molecule has 0 radical (unpaired) electrons. The fourth-order valence-electron chi connectivity index (χ4n) is 2.02. The number of amides is 1. The van der Waals surface area contributed by atoms with Gasteiger partial charge in [-0.1, -0.05) is 39.5 Å². The Bertz CT molecular complexity index is 887. The third-order valence-electron chi connectivity index (χ3n) is 3.26. The van der Waals surface area contributed by atoms with Crippen molar-refractivity contribution in [3.63, 3.8) is 0 Å². The Morgan fingerprint density at radius 1 is 1.32 bits per heavy atom. The van der Waals surface area contributed by atoms with Crippen LogP contribution in [0.1, 0.15) is 11.1 Å². The maximum absolute atomic E-state index is 12.4. The number of carbonyl (C=O) groups excluding carboxylic acids is 1. The van der Waals surface area contributed by atoms with Crippen LogP contribution in [0.25, 0.3) is 6.08 Å². The summed E-state index contributed by atoms with van der Waals surface area (Å²) in [5.41, 5.74) is 2.25. The molecule has 0 aliphatic rings. The molecule has 4 nitrogen and oxygen atoms in total. The first-order valence-electron chi connectivity index (χ1n) is 7.39. The normalized spacial score (nSPS) is 10.5. The lowest BCUT2D eigenvalue weighted by molar-refractivity contribution is -0.112. The van der Waals surface area contributed by atoms with Gasteiger partial charge in [-0.25, -0.2) is 0 Å². The maximum Gasteiger partial charge on any atom is 0.266 e. The van der Waals surface area contributed by atoms with E-state index in [0.29, 0.717) is 17.0 Å². The summed E-state index contributed by atoms with van der Waals surface area (Å²) in [5.74, 6) is 2.39. The standard InChI is InChI=1S/C20H15BrN2O2/c1-3-10-25-19-9-6-17(21)12-15(19)11-16(13-22)20(24)23-18-7-4-14(2)5-8-18/h1,4-9,11-12H,10H2,2H3,(H,23,24)/b16-11+. The van der Waals surface area contributed by atoms with E-state index in [1.54, 1.807) is 30.3 Å². The number of nitrogens with one attached hydrogen (secondary N) is 1. The molecule has 0 fully saturated rings. The molecule has 2 aromatic rings. The van der Waals surface area contributed by atoms with Crippen molar-refractivity contribution in [3.05, 3.63) is 63.6 Å². The second-order valence-electron chi connectivity index (χ2n) is 5.16. The number of terminal acetylenes is 1. The van der Waals surface area contributed by atoms with Crippen LogP contribution >= 0.6 is 15.9 Å². The van der Waals surface area contributed by atoms with Gasteiger partial charge in [0.25, 0.3) is 5.91 Å². The molecule has 5 heteroatoms. The number of nitrogens with zero attached hydrogens (tertiary/aromatic N) is 1. The van der Waals surface area contributed by atoms with Crippen molar-refractivity contribution in [2.75, 3.05) is 11.9 Å². The molecule has 0 saturated heterocycles. The molecule has 2 rings (SSSR count). The second kappa shape index (κ2) is 8.73. The number of rotatable bonds is 5. The fourth-order valence-corrected chi connectivity index (χ4v) is 2.40. The Labute approximate surface area is 155 Å². The number of aryl methyl sites for hydroxylation is 1. The second-order valence-corrected chi connectivity index (χ2v) is 6.08. The highest BCUT2D eigenvalue weighted by Crippen LogP contribution is 2.26. The maximum atomic E-state index is 12.4. The lowest BCUT2D eigenvalue weighted by Gasteiger charge is -2.08. The minimum absolute atomic E-state index is 0.0377. The molecule has 0 saturated carbocycles. The van der Waals surface area contributed by atoms with E-state index in [2.05, 4.69) is 27.2 Å². The summed E-state index contributed by atoms with van der Waals surface area (Å²) in [7, 11) is 0. The number of halogens is 1. The average Bonchev–Trinajstić information content (AvgIpc) is 2.60. The molecule has 0 aliphatic carbocycles. The van der Waals surface area contributed by atoms with Gasteiger partial charge in [0.2, 0.25) is 0 Å². The van der Waals surface area contributed by atoms with Crippen LogP contribution in [-0.2, 0) is 4.79 Å². The van der Waals surface area contributed by atoms with Crippen LogP contribution in [0.5, 0.6) is 5.75 Å². The Kier molecular flexibility index (Phi) is 6.39. The zero-order valence-corrected chi connectivity index (χ0v) is 15.1. The van der Waals surface area contributed by atoms with E-state index >= 15 is 0 Å². The molecule has 0 heterocycles. The molecular formula is C20H15BrN2O2. The summed E-state index contributed by atoms with van der Waals surface area (Å²) in [6.45, 7) is 2.05. The molecule has 124 valence electrons. The van der Waals surface area contributed by atoms with Crippen LogP contribution in [0.4, 0.5) is 5.69 Å². The monoisotopic (exact) mass is 394 g/mol. The van der Waals surface area contributed by atoms with Crippen molar-refractivity contribution >= 4 is 33.6 Å². The van der Waals surface area contributed by atoms with Gasteiger partial charge in [-0.15, -0.1) is 6.42 Å². The topological polar surface area (TPSA) is 62.1 Å². The SMILES string of the molecule is C#CCOc1ccc(Br)cc1/C=C(\C#N)C(=O)Nc1ccc(C)cc1. The van der Waals surface area contributed by atoms with Gasteiger partial charge in [-0.3, -0.25) is 4.79 Å². The minimum atomic E-state index is -0.491. The number of hydrogen-bond donors (Lipinski definition) is 1. The summed E-state index contributed by atoms with van der Waals surface area (Å²) in [5, 5.41) is 12.1. The lowest BCUT2D eigenvalue weighted by atomic mass is 10.1. The molecule has 25 heavy (non-hydrogen) atoms. The predicted molar refractivity (Wildman–Crippen MR) is 102 cm³/mol. The van der Waals surface area contributed by atoms with Gasteiger partial charge < -0.3 is 10.1 Å². The van der Waals surface area contributed by atoms with Gasteiger partial charge in [-0.2, -0.15) is 5.26 Å². The van der Waals surface area contributed by atoms with E-state index in [4.69, 9.17) is 11.2 Å². The predicted octanol–water partition coefficient (Wildman–Crippen LogP) is 4.32. The van der Waals surface area contributed by atoms with Crippen LogP contribution < -0.4 is 10.1 Å². The highest BCUT2D eigenvalue weighted by atomic mass is 79.9. The third-order valence-corrected chi connectivity index (χ3v) is 3.75. The molecule has 0 atom stereocenters. The van der Waals surface area contributed by atoms with Crippen molar-refractivity contribution in [3.8, 4) is 24.2 Å². The van der Waals surface area contributed by atoms with E-state index in [1.165, 1.54) is 6.08 Å². The van der Waals surface area contributed by atoms with Crippen molar-refractivity contribution < 1.29 is 9.53 Å². The zero-order valence-electron chi connectivity index (χ0n) is 13.5. The quantitative estimate of drug-likeness (QED) is 0.466. The highest BCUT2D eigenvalue weighted by molar-refractivity contribution is 9.10. The number of anilines is 1. The molecule has 0 unspecified atom stereocenters. The van der Waals surface area contributed by atoms with E-state index in [-0.39, 0.29) is 12.2 Å². The summed E-state index contributed by atoms with van der Waals surface area (Å²) < 4.78 is 6.25. The average molecular weight is 395 g/mol. The van der Waals surface area contributed by atoms with E-state index in [9.17, 15) is 10.1 Å². The molecule has 2 aromatic carbocycles. The van der Waals surface area contributed by atoms with Crippen molar-refractivity contribution in [2.45, 2.75) is 6.92 Å². The zero-order chi connectivity index (χ0) is 18.2. The Balaban J connectivity index is 2.29. The van der Waals surface area contributed by atoms with Gasteiger partial charge >= 0.3 is 0 Å². The number of benzene rings is 2. The lowest BCUT2D eigenvalue weighted by Crippen LogP contribution is -2.13. The van der Waals surface area contributed by atoms with Crippen LogP contribution in [0.2, 0.25) is 0 Å². The van der Waals surface area contributed by atoms with Gasteiger partial charge in [0.1, 0.15) is 24.0 Å². The first-order valence-corrected chi connectivity index (χ1v) is 8.18. The Morgan fingerprint density at radius 2 is 2.04 bits per heavy atom. The number of carbonyl (C=O) groups is 1. The summed E-state index contributed by atoms with van der Waals surface area (Å²) in [6.07, 6.45) is 6.68. The number of ether oxygens (including phenoxy) is 1. The van der Waals surface area contributed by atoms with Gasteiger partial charge in [-0.05, 0) is 43.3 Å². The van der Waals surface area contributed by atoms with Gasteiger partial charge in [0.05, 0.1) is 0 Å². The summed E-state index contributed by atoms with van der Waals surface area (Å²) in [4.78, 5) is 12.4. The van der Waals surface area contributed by atoms with Crippen LogP contribution in [0, 0.1) is 30.6 Å². The minimum Gasteiger partial charge on any atom is -0.480 e. The van der Waals surface area contributed by atoms with Crippen molar-refractivity contribution in [1.82, 2.24) is 0 Å². The van der Waals surface area contributed by atoms with Crippen molar-refractivity contribution in [2.24, 2.45) is 0 Å². The molecular weight excluding hydrogens is 380 g/mol. The smallest absolute Gasteiger partial charge is 0.266 e. The van der Waals surface area contributed by atoms with Crippen LogP contribution in [0.15, 0.2) is 52.5 Å². The van der Waals surface area contributed by atoms with E-state index < -0.39 is 5.91 Å². The third kappa shape index (κ3) is 5.24. The number of hydrogen-bond acceptors (Lipinski definition) is 3. The first kappa shape index (κ1) is 18.3. The van der Waals surface area contributed by atoms with Crippen LogP contribution in [0.3, 0.4) is 0 Å². The Hall–Kier alpha value is -3.02. The largest absolute Gasteiger partial charge is 0.480 e. The molecule has 1 N–H and O–H groups in total. The number of nitriles is 1. The van der Waals surface area contributed by atoms with Gasteiger partial charge in [0.15, 0.2) is 0 Å². The van der Waals surface area contributed by atoms with Gasteiger partial charge in [0, 0.05) is 15.7 Å². The highest BCUT2D eigenvalue weighted by Gasteiger charge is 2.12. The fraction of sp³-hybridized carbons (Fsp3) is 0.100. The van der Waals surface area contributed by atoms with Crippen molar-refractivity contribution in [1.29, 1.82) is 5.26 Å². The Morgan fingerprint density at radius 3 is 2.68 bits per heavy atom. The van der Waals surface area contributed by atoms with E-state index in [0.717, 1.165) is 10.0 Å². The summed E-state index contributed by atoms with van der Waals surface area (Å²) in [6, 6.07) is 14.5. The van der Waals surface area contributed by atoms with E-state index in [1.807, 2.05) is 25.1 Å². The molecule has 0 aliphatic heterocycles. The molecule has 0 spiro atoms. The molecule has 0 aromatic heterocycles.